The predicted octanol–water partition coefficient (Wildman–Crippen LogP) is 1.38. The molecule has 9 nitrogen and oxygen atoms in total. The Morgan fingerprint density at radius 2 is 2.06 bits per heavy atom. The number of rotatable bonds is 6. The summed E-state index contributed by atoms with van der Waals surface area (Å²) < 4.78 is 14.4. The molecule has 0 bridgehead atoms. The van der Waals surface area contributed by atoms with Crippen molar-refractivity contribution in [2.24, 2.45) is 0 Å². The van der Waals surface area contributed by atoms with E-state index in [1.807, 2.05) is 23.2 Å². The summed E-state index contributed by atoms with van der Waals surface area (Å²) >= 11 is 0. The number of aromatic amines is 1. The van der Waals surface area contributed by atoms with Crippen LogP contribution in [0.15, 0.2) is 35.4 Å². The van der Waals surface area contributed by atoms with E-state index in [-0.39, 0.29) is 23.9 Å². The lowest BCUT2D eigenvalue weighted by Crippen LogP contribution is -2.54. The number of pyridine rings is 3. The molecule has 0 radical (unpaired) electrons. The number of carbonyl (C=O) groups is 1. The predicted molar refractivity (Wildman–Crippen MR) is 125 cm³/mol. The molecule has 0 unspecified atom stereocenters. The number of aliphatic hydroxyl groups is 1. The number of anilines is 1. The average Bonchev–Trinajstić information content (AvgIpc) is 3.68. The summed E-state index contributed by atoms with van der Waals surface area (Å²) in [5.41, 5.74) is 3.54. The van der Waals surface area contributed by atoms with Gasteiger partial charge in [0.2, 0.25) is 0 Å². The fraction of sp³-hybridized carbons (Fsp3) is 0.417. The topological polar surface area (TPSA) is 114 Å². The van der Waals surface area contributed by atoms with Gasteiger partial charge in [0.1, 0.15) is 0 Å². The second-order valence-electron chi connectivity index (χ2n) is 8.97. The Morgan fingerprint density at radius 3 is 2.76 bits per heavy atom. The zero-order valence-electron chi connectivity index (χ0n) is 18.9. The second-order valence-corrected chi connectivity index (χ2v) is 8.97. The molecule has 1 saturated heterocycles. The van der Waals surface area contributed by atoms with E-state index in [0.717, 1.165) is 35.0 Å². The standard InChI is InChI=1S/C24H27FN6O3/c1-26-24(34)22-19(25)7-16(10-28-22)31-5-4-30(12-17(31)13-32)11-14-6-21-20(27-9-14)8-18(15-2-3-15)23(33)29-21/h6-10,15,17,32H,2-5,11-13H2,1H3,(H,26,34)(H,29,33)/t17-/m0/s1. The minimum atomic E-state index is -0.697. The van der Waals surface area contributed by atoms with E-state index in [1.54, 1.807) is 0 Å². The molecule has 0 aromatic carbocycles. The molecule has 3 N–H and O–H groups in total. The van der Waals surface area contributed by atoms with Crippen LogP contribution in [-0.4, -0.2) is 70.2 Å². The summed E-state index contributed by atoms with van der Waals surface area (Å²) in [4.78, 5) is 39.7. The highest BCUT2D eigenvalue weighted by Gasteiger charge is 2.29. The third kappa shape index (κ3) is 4.38. The van der Waals surface area contributed by atoms with Gasteiger partial charge >= 0.3 is 0 Å². The van der Waals surface area contributed by atoms with Gasteiger partial charge in [-0.1, -0.05) is 0 Å². The van der Waals surface area contributed by atoms with E-state index in [1.165, 1.54) is 19.3 Å². The molecule has 2 fully saturated rings. The van der Waals surface area contributed by atoms with Gasteiger partial charge in [-0.15, -0.1) is 0 Å². The van der Waals surface area contributed by atoms with Crippen LogP contribution < -0.4 is 15.8 Å². The number of nitrogens with zero attached hydrogens (tertiary/aromatic N) is 4. The molecule has 1 saturated carbocycles. The first kappa shape index (κ1) is 22.4. The van der Waals surface area contributed by atoms with Crippen LogP contribution in [0.2, 0.25) is 0 Å². The van der Waals surface area contributed by atoms with Gasteiger partial charge in [-0.3, -0.25) is 19.5 Å². The van der Waals surface area contributed by atoms with Crippen LogP contribution in [0.25, 0.3) is 11.0 Å². The monoisotopic (exact) mass is 466 g/mol. The maximum atomic E-state index is 14.4. The van der Waals surface area contributed by atoms with Crippen molar-refractivity contribution in [3.8, 4) is 0 Å². The van der Waals surface area contributed by atoms with Crippen LogP contribution in [0, 0.1) is 5.82 Å². The van der Waals surface area contributed by atoms with Gasteiger partial charge in [-0.05, 0) is 36.5 Å². The number of amides is 1. The third-order valence-corrected chi connectivity index (χ3v) is 6.58. The minimum absolute atomic E-state index is 0.0359. The molecule has 178 valence electrons. The molecule has 34 heavy (non-hydrogen) atoms. The number of aliphatic hydroxyl groups excluding tert-OH is 1. The van der Waals surface area contributed by atoms with Crippen LogP contribution >= 0.6 is 0 Å². The maximum Gasteiger partial charge on any atom is 0.272 e. The number of carbonyl (C=O) groups excluding carboxylic acids is 1. The number of aromatic nitrogens is 3. The van der Waals surface area contributed by atoms with E-state index in [9.17, 15) is 19.1 Å². The maximum absolute atomic E-state index is 14.4. The average molecular weight is 467 g/mol. The number of nitrogens with one attached hydrogen (secondary N) is 2. The van der Waals surface area contributed by atoms with Gasteiger partial charge in [0, 0.05) is 51.1 Å². The van der Waals surface area contributed by atoms with Crippen molar-refractivity contribution in [2.75, 3.05) is 38.2 Å². The molecule has 3 aromatic rings. The number of fused-ring (bicyclic) bond motifs is 1. The Kier molecular flexibility index (Phi) is 6.01. The molecular weight excluding hydrogens is 439 g/mol. The van der Waals surface area contributed by atoms with E-state index >= 15 is 0 Å². The molecule has 3 aromatic heterocycles. The van der Waals surface area contributed by atoms with Crippen molar-refractivity contribution in [3.63, 3.8) is 0 Å². The SMILES string of the molecule is CNC(=O)c1ncc(N2CCN(Cc3cnc4cc(C5CC5)c(=O)[nH]c4c3)C[C@H]2CO)cc1F. The first-order valence-electron chi connectivity index (χ1n) is 11.5. The van der Waals surface area contributed by atoms with Crippen molar-refractivity contribution in [3.05, 3.63) is 63.6 Å². The van der Waals surface area contributed by atoms with Crippen LogP contribution in [0.3, 0.4) is 0 Å². The molecule has 10 heteroatoms. The first-order chi connectivity index (χ1) is 16.5. The molecule has 1 aliphatic carbocycles. The minimum Gasteiger partial charge on any atom is -0.394 e. The molecule has 1 aliphatic heterocycles. The molecule has 5 rings (SSSR count). The van der Waals surface area contributed by atoms with E-state index in [4.69, 9.17) is 0 Å². The number of hydrogen-bond acceptors (Lipinski definition) is 7. The van der Waals surface area contributed by atoms with E-state index in [0.29, 0.717) is 37.8 Å². The van der Waals surface area contributed by atoms with Gasteiger partial charge in [0.05, 0.1) is 35.6 Å². The number of piperazine rings is 1. The Bertz CT molecular complexity index is 1290. The number of H-pyrrole nitrogens is 1. The molecular formula is C24H27FN6O3. The molecule has 1 amide bonds. The number of halogens is 1. The van der Waals surface area contributed by atoms with E-state index in [2.05, 4.69) is 25.2 Å². The first-order valence-corrected chi connectivity index (χ1v) is 11.5. The van der Waals surface area contributed by atoms with Crippen molar-refractivity contribution in [1.29, 1.82) is 0 Å². The quantitative estimate of drug-likeness (QED) is 0.503. The Hall–Kier alpha value is -3.37. The van der Waals surface area contributed by atoms with Crippen molar-refractivity contribution < 1.29 is 14.3 Å². The largest absolute Gasteiger partial charge is 0.394 e. The fourth-order valence-electron chi connectivity index (χ4n) is 4.61. The van der Waals surface area contributed by atoms with Crippen molar-refractivity contribution >= 4 is 22.6 Å². The lowest BCUT2D eigenvalue weighted by molar-refractivity contribution is 0.0953. The Balaban J connectivity index is 1.29. The van der Waals surface area contributed by atoms with Gasteiger partial charge in [-0.2, -0.15) is 0 Å². The highest BCUT2D eigenvalue weighted by atomic mass is 19.1. The third-order valence-electron chi connectivity index (χ3n) is 6.58. The lowest BCUT2D eigenvalue weighted by Gasteiger charge is -2.42. The molecule has 0 spiro atoms. The zero-order valence-corrected chi connectivity index (χ0v) is 18.9. The van der Waals surface area contributed by atoms with Gasteiger partial charge < -0.3 is 20.3 Å². The van der Waals surface area contributed by atoms with Crippen LogP contribution in [-0.2, 0) is 6.54 Å². The van der Waals surface area contributed by atoms with Gasteiger partial charge in [0.15, 0.2) is 11.5 Å². The van der Waals surface area contributed by atoms with Crippen molar-refractivity contribution in [1.82, 2.24) is 25.2 Å². The number of hydrogen-bond donors (Lipinski definition) is 3. The van der Waals surface area contributed by atoms with Gasteiger partial charge in [0.25, 0.3) is 11.5 Å². The summed E-state index contributed by atoms with van der Waals surface area (Å²) in [5.74, 6) is -0.913. The molecule has 2 aliphatic rings. The fourth-order valence-corrected chi connectivity index (χ4v) is 4.61. The highest BCUT2D eigenvalue weighted by molar-refractivity contribution is 5.92. The highest BCUT2D eigenvalue weighted by Crippen LogP contribution is 2.38. The molecule has 1 atom stereocenters. The second kappa shape index (κ2) is 9.11. The zero-order chi connectivity index (χ0) is 23.8. The summed E-state index contributed by atoms with van der Waals surface area (Å²) in [6.45, 7) is 2.31. The van der Waals surface area contributed by atoms with Crippen LogP contribution in [0.1, 0.15) is 40.4 Å². The normalized spacial score (nSPS) is 18.9. The van der Waals surface area contributed by atoms with E-state index < -0.39 is 11.7 Å². The van der Waals surface area contributed by atoms with Gasteiger partial charge in [-0.25, -0.2) is 9.37 Å². The summed E-state index contributed by atoms with van der Waals surface area (Å²) in [6.07, 6.45) is 5.41. The van der Waals surface area contributed by atoms with Crippen LogP contribution in [0.4, 0.5) is 10.1 Å². The lowest BCUT2D eigenvalue weighted by atomic mass is 10.1. The smallest absolute Gasteiger partial charge is 0.272 e. The van der Waals surface area contributed by atoms with Crippen molar-refractivity contribution in [2.45, 2.75) is 31.3 Å². The van der Waals surface area contributed by atoms with Crippen LogP contribution in [0.5, 0.6) is 0 Å². The molecule has 4 heterocycles. The Morgan fingerprint density at radius 1 is 1.24 bits per heavy atom. The summed E-state index contributed by atoms with van der Waals surface area (Å²) in [5, 5.41) is 12.4. The summed E-state index contributed by atoms with van der Waals surface area (Å²) in [7, 11) is 1.42. The summed E-state index contributed by atoms with van der Waals surface area (Å²) in [6, 6.07) is 4.89. The Labute approximate surface area is 195 Å².